The Hall–Kier alpha value is -2.68. The van der Waals surface area contributed by atoms with Crippen LogP contribution in [-0.2, 0) is 22.7 Å². The molecule has 5 unspecified atom stereocenters. The Labute approximate surface area is 182 Å². The van der Waals surface area contributed by atoms with Gasteiger partial charge in [-0.05, 0) is 6.92 Å². The number of nitrogens with zero attached hydrogens (tertiary/aromatic N) is 1. The number of hydrogen-bond acceptors (Lipinski definition) is 10. The number of H-pyrrole nitrogens is 1. The van der Waals surface area contributed by atoms with Crippen LogP contribution in [-0.4, -0.2) is 95.4 Å². The number of pyridine rings is 1. The fraction of sp³-hybridized carbons (Fsp3) is 0.579. The zero-order valence-electron chi connectivity index (χ0n) is 17.6. The summed E-state index contributed by atoms with van der Waals surface area (Å²) in [6.07, 6.45) is -6.82. The van der Waals surface area contributed by atoms with Gasteiger partial charge in [-0.25, -0.2) is 4.79 Å². The van der Waals surface area contributed by atoms with Crippen LogP contribution in [0.2, 0.25) is 0 Å². The van der Waals surface area contributed by atoms with E-state index in [1.165, 1.54) is 13.1 Å². The number of carbonyl (C=O) groups excluding carboxylic acids is 1. The van der Waals surface area contributed by atoms with E-state index in [1.807, 2.05) is 0 Å². The maximum atomic E-state index is 12.3. The lowest BCUT2D eigenvalue weighted by Gasteiger charge is -2.32. The Morgan fingerprint density at radius 2 is 1.75 bits per heavy atom. The molecule has 32 heavy (non-hydrogen) atoms. The number of aryl methyl sites for hydroxylation is 1. The fourth-order valence-corrected chi connectivity index (χ4v) is 2.94. The van der Waals surface area contributed by atoms with Gasteiger partial charge in [0.1, 0.15) is 24.0 Å². The number of carboxylic acids is 1. The van der Waals surface area contributed by atoms with E-state index in [1.54, 1.807) is 0 Å². The molecule has 1 amide bonds. The summed E-state index contributed by atoms with van der Waals surface area (Å²) in [4.78, 5) is 41.9. The van der Waals surface area contributed by atoms with E-state index in [0.717, 1.165) is 6.92 Å². The molecule has 13 nitrogen and oxygen atoms in total. The second-order valence-electron chi connectivity index (χ2n) is 7.21. The van der Waals surface area contributed by atoms with Gasteiger partial charge in [-0.3, -0.25) is 14.6 Å². The largest absolute Gasteiger partial charge is 0.477 e. The summed E-state index contributed by atoms with van der Waals surface area (Å²) < 4.78 is 0. The van der Waals surface area contributed by atoms with Crippen LogP contribution in [0.5, 0.6) is 0 Å². The lowest BCUT2D eigenvalue weighted by Crippen LogP contribution is -2.57. The number of aliphatic hydroxyl groups is 6. The summed E-state index contributed by atoms with van der Waals surface area (Å²) in [6.45, 7) is 0.698. The Balaban J connectivity index is 3.18. The van der Waals surface area contributed by atoms with Crippen molar-refractivity contribution in [3.63, 3.8) is 0 Å². The Bertz CT molecular complexity index is 885. The molecule has 9 N–H and O–H groups in total. The van der Waals surface area contributed by atoms with Gasteiger partial charge in [0.15, 0.2) is 5.43 Å². The highest BCUT2D eigenvalue weighted by Crippen LogP contribution is 2.13. The molecule has 0 fully saturated rings. The van der Waals surface area contributed by atoms with E-state index in [4.69, 9.17) is 5.11 Å². The third-order valence-corrected chi connectivity index (χ3v) is 4.78. The van der Waals surface area contributed by atoms with Crippen molar-refractivity contribution < 1.29 is 45.3 Å². The topological polar surface area (TPSA) is 233 Å². The number of carbonyl (C=O) groups is 2. The molecular formula is C19H29N3O10. The van der Waals surface area contributed by atoms with Crippen LogP contribution < -0.4 is 10.7 Å². The van der Waals surface area contributed by atoms with Crippen LogP contribution in [0.4, 0.5) is 0 Å². The van der Waals surface area contributed by atoms with Gasteiger partial charge in [0.25, 0.3) is 0 Å². The highest BCUT2D eigenvalue weighted by atomic mass is 16.4. The molecule has 0 radical (unpaired) electrons. The van der Waals surface area contributed by atoms with Gasteiger partial charge in [0.2, 0.25) is 5.91 Å². The zero-order chi connectivity index (χ0) is 24.6. The number of aromatic nitrogens is 1. The predicted molar refractivity (Wildman–Crippen MR) is 110 cm³/mol. The van der Waals surface area contributed by atoms with Crippen LogP contribution in [0.3, 0.4) is 0 Å². The highest BCUT2D eigenvalue weighted by molar-refractivity contribution is 6.35. The number of rotatable bonds is 12. The van der Waals surface area contributed by atoms with Crippen molar-refractivity contribution in [1.29, 1.82) is 0 Å². The first kappa shape index (κ1) is 27.4. The minimum atomic E-state index is -1.97. The molecular weight excluding hydrogens is 430 g/mol. The van der Waals surface area contributed by atoms with Crippen molar-refractivity contribution in [2.45, 2.75) is 63.9 Å². The molecule has 0 spiro atoms. The van der Waals surface area contributed by atoms with Crippen molar-refractivity contribution in [3.8, 4) is 0 Å². The Kier molecular flexibility index (Phi) is 10.6. The van der Waals surface area contributed by atoms with Crippen molar-refractivity contribution >= 4 is 17.6 Å². The lowest BCUT2D eigenvalue weighted by atomic mass is 9.93. The molecule has 1 aromatic heterocycles. The third-order valence-electron chi connectivity index (χ3n) is 4.78. The second kappa shape index (κ2) is 12.4. The van der Waals surface area contributed by atoms with Crippen molar-refractivity contribution in [2.75, 3.05) is 6.61 Å². The third kappa shape index (κ3) is 7.19. The number of aliphatic hydroxyl groups excluding tert-OH is 6. The van der Waals surface area contributed by atoms with Gasteiger partial charge in [-0.15, -0.1) is 0 Å². The monoisotopic (exact) mass is 459 g/mol. The molecule has 1 rings (SSSR count). The van der Waals surface area contributed by atoms with Gasteiger partial charge in [-0.1, -0.05) is 0 Å². The molecule has 5 atom stereocenters. The number of aliphatic imine (C=N–C) groups is 1. The van der Waals surface area contributed by atoms with Gasteiger partial charge < -0.3 is 46.0 Å². The van der Waals surface area contributed by atoms with Gasteiger partial charge in [-0.2, -0.15) is 0 Å². The highest BCUT2D eigenvalue weighted by Gasteiger charge is 2.37. The number of aliphatic carboxylic acids is 1. The predicted octanol–water partition coefficient (Wildman–Crippen LogP) is -3.47. The van der Waals surface area contributed by atoms with E-state index in [-0.39, 0.29) is 11.3 Å². The van der Waals surface area contributed by atoms with Crippen LogP contribution in [0, 0.1) is 6.92 Å². The maximum Gasteiger partial charge on any atom is 0.349 e. The first-order valence-electron chi connectivity index (χ1n) is 9.62. The summed E-state index contributed by atoms with van der Waals surface area (Å²) >= 11 is 0. The van der Waals surface area contributed by atoms with Gasteiger partial charge in [0.05, 0.1) is 31.9 Å². The summed E-state index contributed by atoms with van der Waals surface area (Å²) in [5.74, 6) is -2.28. The second-order valence-corrected chi connectivity index (χ2v) is 7.21. The van der Waals surface area contributed by atoms with Crippen molar-refractivity contribution in [2.24, 2.45) is 4.99 Å². The molecule has 180 valence electrons. The molecule has 0 saturated heterocycles. The van der Waals surface area contributed by atoms with Crippen LogP contribution in [0.1, 0.15) is 30.2 Å². The molecule has 0 aliphatic heterocycles. The minimum absolute atomic E-state index is 0.0284. The van der Waals surface area contributed by atoms with Gasteiger partial charge in [0, 0.05) is 36.4 Å². The molecule has 0 aliphatic carbocycles. The van der Waals surface area contributed by atoms with E-state index in [9.17, 15) is 45.0 Å². The van der Waals surface area contributed by atoms with Crippen LogP contribution in [0.25, 0.3) is 0 Å². The van der Waals surface area contributed by atoms with E-state index in [0.29, 0.717) is 5.56 Å². The quantitative estimate of drug-likeness (QED) is 0.140. The Morgan fingerprint density at radius 3 is 2.25 bits per heavy atom. The lowest BCUT2D eigenvalue weighted by molar-refractivity contribution is -0.130. The van der Waals surface area contributed by atoms with Gasteiger partial charge >= 0.3 is 5.97 Å². The zero-order valence-corrected chi connectivity index (χ0v) is 17.6. The number of carboxylic acid groups (broad SMARTS) is 1. The molecule has 0 saturated carbocycles. The van der Waals surface area contributed by atoms with Crippen LogP contribution in [0.15, 0.2) is 16.0 Å². The number of aromatic amines is 1. The molecule has 0 aliphatic rings. The minimum Gasteiger partial charge on any atom is -0.477 e. The summed E-state index contributed by atoms with van der Waals surface area (Å²) in [6, 6.07) is -1.62. The smallest absolute Gasteiger partial charge is 0.349 e. The van der Waals surface area contributed by atoms with Crippen LogP contribution >= 0.6 is 0 Å². The first-order chi connectivity index (χ1) is 14.9. The molecule has 0 bridgehead atoms. The van der Waals surface area contributed by atoms with Crippen molar-refractivity contribution in [1.82, 2.24) is 10.3 Å². The van der Waals surface area contributed by atoms with E-state index < -0.39 is 79.7 Å². The SMILES string of the molecule is CC(=O)NC(C(O)CC(=NCc1c(CO)[nH]cc(C)c1=O)C(=O)O)C(O)C(O)C(O)CO. The molecule has 1 heterocycles. The maximum absolute atomic E-state index is 12.3. The summed E-state index contributed by atoms with van der Waals surface area (Å²) in [7, 11) is 0. The van der Waals surface area contributed by atoms with E-state index in [2.05, 4.69) is 15.3 Å². The molecule has 0 aromatic carbocycles. The van der Waals surface area contributed by atoms with E-state index >= 15 is 0 Å². The molecule has 1 aromatic rings. The number of nitrogens with one attached hydrogen (secondary N) is 2. The normalized spacial score (nSPS) is 16.7. The number of hydrogen-bond donors (Lipinski definition) is 9. The Morgan fingerprint density at radius 1 is 1.12 bits per heavy atom. The average molecular weight is 459 g/mol. The summed E-state index contributed by atoms with van der Waals surface area (Å²) in [5.41, 5.74) is -0.575. The molecule has 13 heteroatoms. The fourth-order valence-electron chi connectivity index (χ4n) is 2.94. The standard InChI is InChI=1S/C19H29N3O10/c1-8-4-20-12(6-23)10(16(8)28)5-21-11(19(31)32)3-13(26)15(22-9(2)25)18(30)17(29)14(27)7-24/h4,13-15,17-18,23-24,26-27,29-30H,3,5-7H2,1-2H3,(H,20,28)(H,22,25)(H,31,32). The summed E-state index contributed by atoms with van der Waals surface area (Å²) in [5, 5.41) is 70.0. The average Bonchev–Trinajstić information content (AvgIpc) is 2.75. The first-order valence-corrected chi connectivity index (χ1v) is 9.62. The number of amides is 1. The van der Waals surface area contributed by atoms with Crippen molar-refractivity contribution in [3.05, 3.63) is 33.2 Å².